The highest BCUT2D eigenvalue weighted by molar-refractivity contribution is 5.67. The van der Waals surface area contributed by atoms with E-state index >= 15 is 0 Å². The van der Waals surface area contributed by atoms with Crippen molar-refractivity contribution in [1.82, 2.24) is 4.90 Å². The number of aryl methyl sites for hydroxylation is 1. The van der Waals surface area contributed by atoms with Gasteiger partial charge in [0.25, 0.3) is 0 Å². The summed E-state index contributed by atoms with van der Waals surface area (Å²) in [5, 5.41) is 9.06. The van der Waals surface area contributed by atoms with Gasteiger partial charge in [-0.05, 0) is 44.4 Å². The Morgan fingerprint density at radius 2 is 2.16 bits per heavy atom. The zero-order valence-corrected chi connectivity index (χ0v) is 11.8. The standard InChI is InChI=1S/C16H23NO2/c1-12-7-3-4-9-15(12)13(2)17-10-6-5-8-14(17)11-16(18)19/h3-4,7,9,13-14H,5-6,8,10-11H2,1-2H3,(H,18,19). The van der Waals surface area contributed by atoms with E-state index in [9.17, 15) is 4.79 Å². The Bertz CT molecular complexity index is 444. The van der Waals surface area contributed by atoms with Crippen LogP contribution in [0.1, 0.15) is 49.8 Å². The largest absolute Gasteiger partial charge is 0.481 e. The number of benzene rings is 1. The second-order valence-corrected chi connectivity index (χ2v) is 5.52. The minimum atomic E-state index is -0.686. The number of nitrogens with zero attached hydrogens (tertiary/aromatic N) is 1. The van der Waals surface area contributed by atoms with Gasteiger partial charge in [0.1, 0.15) is 0 Å². The number of hydrogen-bond donors (Lipinski definition) is 1. The summed E-state index contributed by atoms with van der Waals surface area (Å²) in [7, 11) is 0. The average Bonchev–Trinajstić information content (AvgIpc) is 2.38. The summed E-state index contributed by atoms with van der Waals surface area (Å²) in [5.41, 5.74) is 2.61. The Kier molecular flexibility index (Phi) is 4.59. The van der Waals surface area contributed by atoms with Gasteiger partial charge in [-0.25, -0.2) is 0 Å². The van der Waals surface area contributed by atoms with Crippen molar-refractivity contribution in [2.24, 2.45) is 0 Å². The van der Waals surface area contributed by atoms with E-state index in [1.54, 1.807) is 0 Å². The molecule has 0 aliphatic carbocycles. The van der Waals surface area contributed by atoms with E-state index in [-0.39, 0.29) is 12.5 Å². The third-order valence-electron chi connectivity index (χ3n) is 4.22. The van der Waals surface area contributed by atoms with Crippen molar-refractivity contribution in [2.75, 3.05) is 6.54 Å². The fourth-order valence-electron chi connectivity index (χ4n) is 3.19. The molecule has 0 bridgehead atoms. The molecule has 19 heavy (non-hydrogen) atoms. The highest BCUT2D eigenvalue weighted by Gasteiger charge is 2.29. The maximum atomic E-state index is 11.0. The van der Waals surface area contributed by atoms with E-state index in [0.717, 1.165) is 19.4 Å². The minimum Gasteiger partial charge on any atom is -0.481 e. The van der Waals surface area contributed by atoms with Gasteiger partial charge in [0, 0.05) is 12.1 Å². The molecular formula is C16H23NO2. The molecule has 3 heteroatoms. The summed E-state index contributed by atoms with van der Waals surface area (Å²) in [5.74, 6) is -0.686. The van der Waals surface area contributed by atoms with Gasteiger partial charge in [0.05, 0.1) is 6.42 Å². The van der Waals surface area contributed by atoms with Crippen LogP contribution in [0.25, 0.3) is 0 Å². The van der Waals surface area contributed by atoms with E-state index in [0.29, 0.717) is 6.04 Å². The van der Waals surface area contributed by atoms with Crippen LogP contribution in [-0.4, -0.2) is 28.6 Å². The lowest BCUT2D eigenvalue weighted by molar-refractivity contribution is -0.139. The molecule has 1 aliphatic rings. The van der Waals surface area contributed by atoms with Gasteiger partial charge in [-0.15, -0.1) is 0 Å². The van der Waals surface area contributed by atoms with Crippen molar-refractivity contribution >= 4 is 5.97 Å². The first-order valence-electron chi connectivity index (χ1n) is 7.12. The lowest BCUT2D eigenvalue weighted by atomic mass is 9.93. The summed E-state index contributed by atoms with van der Waals surface area (Å²) in [6, 6.07) is 8.88. The molecule has 2 unspecified atom stereocenters. The normalized spacial score (nSPS) is 22.1. The van der Waals surface area contributed by atoms with E-state index < -0.39 is 5.97 Å². The number of likely N-dealkylation sites (tertiary alicyclic amines) is 1. The average molecular weight is 261 g/mol. The van der Waals surface area contributed by atoms with Crippen molar-refractivity contribution < 1.29 is 9.90 Å². The molecule has 0 aromatic heterocycles. The zero-order chi connectivity index (χ0) is 13.8. The Hall–Kier alpha value is -1.35. The van der Waals surface area contributed by atoms with Crippen LogP contribution >= 0.6 is 0 Å². The van der Waals surface area contributed by atoms with Gasteiger partial charge >= 0.3 is 5.97 Å². The molecule has 1 N–H and O–H groups in total. The first-order chi connectivity index (χ1) is 9.09. The van der Waals surface area contributed by atoms with Crippen molar-refractivity contribution in [3.63, 3.8) is 0 Å². The van der Waals surface area contributed by atoms with Crippen LogP contribution in [-0.2, 0) is 4.79 Å². The van der Waals surface area contributed by atoms with Gasteiger partial charge in [-0.1, -0.05) is 30.7 Å². The smallest absolute Gasteiger partial charge is 0.304 e. The lowest BCUT2D eigenvalue weighted by Gasteiger charge is -2.40. The monoisotopic (exact) mass is 261 g/mol. The van der Waals surface area contributed by atoms with Gasteiger partial charge in [-0.3, -0.25) is 9.69 Å². The molecule has 1 aromatic rings. The molecule has 1 heterocycles. The fraction of sp³-hybridized carbons (Fsp3) is 0.562. The zero-order valence-electron chi connectivity index (χ0n) is 11.8. The van der Waals surface area contributed by atoms with Crippen LogP contribution in [0.2, 0.25) is 0 Å². The fourth-order valence-corrected chi connectivity index (χ4v) is 3.19. The maximum Gasteiger partial charge on any atom is 0.304 e. The molecule has 3 nitrogen and oxygen atoms in total. The highest BCUT2D eigenvalue weighted by atomic mass is 16.4. The van der Waals surface area contributed by atoms with Crippen LogP contribution < -0.4 is 0 Å². The molecule has 104 valence electrons. The van der Waals surface area contributed by atoms with E-state index in [4.69, 9.17) is 5.11 Å². The van der Waals surface area contributed by atoms with Crippen molar-refractivity contribution in [3.8, 4) is 0 Å². The third kappa shape index (κ3) is 3.35. The summed E-state index contributed by atoms with van der Waals surface area (Å²) < 4.78 is 0. The second-order valence-electron chi connectivity index (χ2n) is 5.52. The van der Waals surface area contributed by atoms with Crippen LogP contribution in [0.3, 0.4) is 0 Å². The van der Waals surface area contributed by atoms with Crippen LogP contribution in [0.4, 0.5) is 0 Å². The Labute approximate surface area is 115 Å². The number of aliphatic carboxylic acids is 1. The quantitative estimate of drug-likeness (QED) is 0.903. The van der Waals surface area contributed by atoms with Crippen molar-refractivity contribution in [2.45, 2.75) is 51.6 Å². The molecular weight excluding hydrogens is 238 g/mol. The maximum absolute atomic E-state index is 11.0. The van der Waals surface area contributed by atoms with Crippen molar-refractivity contribution in [1.29, 1.82) is 0 Å². The predicted octanol–water partition coefficient (Wildman–Crippen LogP) is 3.39. The Balaban J connectivity index is 2.17. The summed E-state index contributed by atoms with van der Waals surface area (Å²) >= 11 is 0. The van der Waals surface area contributed by atoms with E-state index in [2.05, 4.69) is 43.0 Å². The number of carboxylic acid groups (broad SMARTS) is 1. The third-order valence-corrected chi connectivity index (χ3v) is 4.22. The molecule has 0 saturated carbocycles. The van der Waals surface area contributed by atoms with Gasteiger partial charge in [0.15, 0.2) is 0 Å². The molecule has 2 atom stereocenters. The molecule has 0 spiro atoms. The minimum absolute atomic E-state index is 0.181. The van der Waals surface area contributed by atoms with Gasteiger partial charge < -0.3 is 5.11 Å². The SMILES string of the molecule is Cc1ccccc1C(C)N1CCCCC1CC(=O)O. The molecule has 1 saturated heterocycles. The number of carboxylic acids is 1. The number of carbonyl (C=O) groups is 1. The summed E-state index contributed by atoms with van der Waals surface area (Å²) in [4.78, 5) is 13.4. The van der Waals surface area contributed by atoms with Crippen LogP contribution in [0, 0.1) is 6.92 Å². The van der Waals surface area contributed by atoms with Crippen LogP contribution in [0.15, 0.2) is 24.3 Å². The van der Waals surface area contributed by atoms with Gasteiger partial charge in [-0.2, -0.15) is 0 Å². The summed E-state index contributed by atoms with van der Waals surface area (Å²) in [6.07, 6.45) is 3.58. The van der Waals surface area contributed by atoms with Gasteiger partial charge in [0.2, 0.25) is 0 Å². The lowest BCUT2D eigenvalue weighted by Crippen LogP contribution is -2.42. The predicted molar refractivity (Wildman–Crippen MR) is 76.2 cm³/mol. The Morgan fingerprint density at radius 3 is 2.84 bits per heavy atom. The van der Waals surface area contributed by atoms with Crippen molar-refractivity contribution in [3.05, 3.63) is 35.4 Å². The van der Waals surface area contributed by atoms with Crippen LogP contribution in [0.5, 0.6) is 0 Å². The van der Waals surface area contributed by atoms with E-state index in [1.165, 1.54) is 17.5 Å². The number of hydrogen-bond acceptors (Lipinski definition) is 2. The molecule has 0 radical (unpaired) electrons. The Morgan fingerprint density at radius 1 is 1.42 bits per heavy atom. The molecule has 1 aliphatic heterocycles. The highest BCUT2D eigenvalue weighted by Crippen LogP contribution is 2.31. The first-order valence-corrected chi connectivity index (χ1v) is 7.12. The molecule has 1 fully saturated rings. The topological polar surface area (TPSA) is 40.5 Å². The first kappa shape index (κ1) is 14.1. The second kappa shape index (κ2) is 6.20. The molecule has 0 amide bonds. The molecule has 1 aromatic carbocycles. The summed E-state index contributed by atoms with van der Waals surface area (Å²) in [6.45, 7) is 5.33. The number of rotatable bonds is 4. The number of piperidine rings is 1. The van der Waals surface area contributed by atoms with E-state index in [1.807, 2.05) is 0 Å². The molecule has 2 rings (SSSR count).